The summed E-state index contributed by atoms with van der Waals surface area (Å²) in [4.78, 5) is 22.6. The number of aryl methyl sites for hydroxylation is 2. The van der Waals surface area contributed by atoms with Crippen LogP contribution in [0.3, 0.4) is 0 Å². The van der Waals surface area contributed by atoms with Crippen LogP contribution < -0.4 is 10.2 Å². The summed E-state index contributed by atoms with van der Waals surface area (Å²) in [5.74, 6) is 0.524. The third-order valence-electron chi connectivity index (χ3n) is 4.26. The molecule has 0 aliphatic carbocycles. The molecule has 0 bridgehead atoms. The Kier molecular flexibility index (Phi) is 4.48. The highest BCUT2D eigenvalue weighted by molar-refractivity contribution is 5.95. The summed E-state index contributed by atoms with van der Waals surface area (Å²) in [5.41, 5.74) is 0.219. The molecular formula is C16H22N6O2. The van der Waals surface area contributed by atoms with Crippen molar-refractivity contribution in [3.05, 3.63) is 36.0 Å². The molecule has 8 nitrogen and oxygen atoms in total. The van der Waals surface area contributed by atoms with Gasteiger partial charge >= 0.3 is 0 Å². The Bertz CT molecular complexity index is 717. The van der Waals surface area contributed by atoms with Gasteiger partial charge in [0.1, 0.15) is 5.82 Å². The van der Waals surface area contributed by atoms with Gasteiger partial charge in [-0.2, -0.15) is 5.10 Å². The number of aliphatic hydroxyl groups is 1. The number of nitrogens with zero attached hydrogens (tertiary/aromatic N) is 5. The van der Waals surface area contributed by atoms with Crippen molar-refractivity contribution in [3.63, 3.8) is 0 Å². The third-order valence-corrected chi connectivity index (χ3v) is 4.26. The van der Waals surface area contributed by atoms with Gasteiger partial charge in [-0.05, 0) is 19.8 Å². The molecule has 1 aliphatic heterocycles. The molecule has 24 heavy (non-hydrogen) atoms. The average molecular weight is 330 g/mol. The molecule has 3 heterocycles. The van der Waals surface area contributed by atoms with Crippen molar-refractivity contribution in [2.75, 3.05) is 24.5 Å². The van der Waals surface area contributed by atoms with E-state index in [2.05, 4.69) is 20.4 Å². The number of anilines is 1. The zero-order valence-corrected chi connectivity index (χ0v) is 13.9. The summed E-state index contributed by atoms with van der Waals surface area (Å²) in [6, 6.07) is 0. The first-order chi connectivity index (χ1) is 11.5. The van der Waals surface area contributed by atoms with Crippen molar-refractivity contribution in [2.24, 2.45) is 7.05 Å². The van der Waals surface area contributed by atoms with Gasteiger partial charge in [-0.25, -0.2) is 4.98 Å². The topological polar surface area (TPSA) is 96.2 Å². The molecule has 128 valence electrons. The van der Waals surface area contributed by atoms with E-state index in [1.165, 1.54) is 0 Å². The average Bonchev–Trinajstić information content (AvgIpc) is 2.92. The highest BCUT2D eigenvalue weighted by atomic mass is 16.3. The first-order valence-electron chi connectivity index (χ1n) is 7.99. The Hall–Kier alpha value is -2.48. The number of rotatable bonds is 4. The predicted octanol–water partition coefficient (Wildman–Crippen LogP) is 0.280. The number of carbonyl (C=O) groups excluding carboxylic acids is 1. The SMILES string of the molecule is Cc1nn(C)cc1C(=O)NC[C@@]1(O)CCCN(c2cnccn2)C1. The summed E-state index contributed by atoms with van der Waals surface area (Å²) in [6.45, 7) is 3.21. The lowest BCUT2D eigenvalue weighted by atomic mass is 9.92. The fraction of sp³-hybridized carbons (Fsp3) is 0.500. The minimum atomic E-state index is -0.985. The molecule has 0 aromatic carbocycles. The summed E-state index contributed by atoms with van der Waals surface area (Å²) in [7, 11) is 1.78. The van der Waals surface area contributed by atoms with Crippen LogP contribution in [0.15, 0.2) is 24.8 Å². The van der Waals surface area contributed by atoms with Crippen LogP contribution in [0.25, 0.3) is 0 Å². The van der Waals surface area contributed by atoms with Gasteiger partial charge in [0.25, 0.3) is 5.91 Å². The van der Waals surface area contributed by atoms with Crippen LogP contribution in [0.1, 0.15) is 28.9 Å². The van der Waals surface area contributed by atoms with Crippen LogP contribution in [0, 0.1) is 6.92 Å². The number of nitrogens with one attached hydrogen (secondary N) is 1. The molecule has 1 atom stereocenters. The number of amides is 1. The Balaban J connectivity index is 1.63. The van der Waals surface area contributed by atoms with E-state index in [-0.39, 0.29) is 12.5 Å². The van der Waals surface area contributed by atoms with Gasteiger partial charge in [-0.3, -0.25) is 14.5 Å². The van der Waals surface area contributed by atoms with E-state index in [4.69, 9.17) is 0 Å². The zero-order chi connectivity index (χ0) is 17.2. The second kappa shape index (κ2) is 6.56. The summed E-state index contributed by atoms with van der Waals surface area (Å²) in [5, 5.41) is 17.8. The van der Waals surface area contributed by atoms with Crippen LogP contribution in [0.2, 0.25) is 0 Å². The Morgan fingerprint density at radius 2 is 2.29 bits per heavy atom. The van der Waals surface area contributed by atoms with E-state index >= 15 is 0 Å². The highest BCUT2D eigenvalue weighted by Crippen LogP contribution is 2.24. The fourth-order valence-electron chi connectivity index (χ4n) is 3.07. The van der Waals surface area contributed by atoms with E-state index in [1.807, 2.05) is 4.90 Å². The molecule has 0 radical (unpaired) electrons. The van der Waals surface area contributed by atoms with Gasteiger partial charge in [0.15, 0.2) is 0 Å². The first kappa shape index (κ1) is 16.4. The van der Waals surface area contributed by atoms with Gasteiger partial charge < -0.3 is 15.3 Å². The minimum absolute atomic E-state index is 0.191. The van der Waals surface area contributed by atoms with Crippen molar-refractivity contribution in [3.8, 4) is 0 Å². The lowest BCUT2D eigenvalue weighted by Crippen LogP contribution is -2.54. The van der Waals surface area contributed by atoms with Gasteiger partial charge in [-0.15, -0.1) is 0 Å². The molecule has 2 aromatic heterocycles. The minimum Gasteiger partial charge on any atom is -0.386 e. The molecule has 1 fully saturated rings. The molecule has 1 saturated heterocycles. The quantitative estimate of drug-likeness (QED) is 0.836. The highest BCUT2D eigenvalue weighted by Gasteiger charge is 2.34. The van der Waals surface area contributed by atoms with Crippen molar-refractivity contribution >= 4 is 11.7 Å². The van der Waals surface area contributed by atoms with Gasteiger partial charge in [0, 0.05) is 45.3 Å². The number of piperidine rings is 1. The molecular weight excluding hydrogens is 308 g/mol. The first-order valence-corrected chi connectivity index (χ1v) is 7.99. The monoisotopic (exact) mass is 330 g/mol. The summed E-state index contributed by atoms with van der Waals surface area (Å²) in [6.07, 6.45) is 8.09. The van der Waals surface area contributed by atoms with Crippen molar-refractivity contribution in [1.29, 1.82) is 0 Å². The van der Waals surface area contributed by atoms with E-state index in [0.717, 1.165) is 18.8 Å². The Labute approximate surface area is 140 Å². The van der Waals surface area contributed by atoms with Crippen LogP contribution in [-0.2, 0) is 7.05 Å². The predicted molar refractivity (Wildman–Crippen MR) is 88.7 cm³/mol. The van der Waals surface area contributed by atoms with Crippen LogP contribution in [-0.4, -0.2) is 56.0 Å². The van der Waals surface area contributed by atoms with Crippen molar-refractivity contribution < 1.29 is 9.90 Å². The molecule has 2 N–H and O–H groups in total. The molecule has 3 rings (SSSR count). The lowest BCUT2D eigenvalue weighted by Gasteiger charge is -2.39. The second-order valence-electron chi connectivity index (χ2n) is 6.30. The maximum atomic E-state index is 12.3. The molecule has 8 heteroatoms. The number of hydrogen-bond donors (Lipinski definition) is 2. The zero-order valence-electron chi connectivity index (χ0n) is 13.9. The summed E-state index contributed by atoms with van der Waals surface area (Å²) < 4.78 is 1.61. The standard InChI is InChI=1S/C16H22N6O2/c1-12-13(9-21(2)20-12)15(23)19-10-16(24)4-3-7-22(11-16)14-8-17-5-6-18-14/h5-6,8-9,24H,3-4,7,10-11H2,1-2H3,(H,19,23)/t16-/m0/s1. The van der Waals surface area contributed by atoms with Gasteiger partial charge in [-0.1, -0.05) is 0 Å². The van der Waals surface area contributed by atoms with Crippen LogP contribution in [0.4, 0.5) is 5.82 Å². The van der Waals surface area contributed by atoms with E-state index in [1.54, 1.807) is 43.4 Å². The molecule has 1 aliphatic rings. The van der Waals surface area contributed by atoms with E-state index in [9.17, 15) is 9.90 Å². The smallest absolute Gasteiger partial charge is 0.254 e. The van der Waals surface area contributed by atoms with E-state index in [0.29, 0.717) is 24.2 Å². The molecule has 0 saturated carbocycles. The van der Waals surface area contributed by atoms with Crippen molar-refractivity contribution in [1.82, 2.24) is 25.1 Å². The fourth-order valence-corrected chi connectivity index (χ4v) is 3.07. The van der Waals surface area contributed by atoms with Crippen LogP contribution in [0.5, 0.6) is 0 Å². The largest absolute Gasteiger partial charge is 0.386 e. The second-order valence-corrected chi connectivity index (χ2v) is 6.30. The summed E-state index contributed by atoms with van der Waals surface area (Å²) >= 11 is 0. The number of β-amino-alcohol motifs (C(OH)–C–C–N with tert-alkyl or cyclic N) is 1. The number of hydrogen-bond acceptors (Lipinski definition) is 6. The Morgan fingerprint density at radius 3 is 2.96 bits per heavy atom. The van der Waals surface area contributed by atoms with E-state index < -0.39 is 5.60 Å². The van der Waals surface area contributed by atoms with Gasteiger partial charge in [0.05, 0.1) is 23.1 Å². The molecule has 1 amide bonds. The normalized spacial score (nSPS) is 20.9. The third kappa shape index (κ3) is 3.53. The molecule has 2 aromatic rings. The van der Waals surface area contributed by atoms with Gasteiger partial charge in [0.2, 0.25) is 0 Å². The van der Waals surface area contributed by atoms with Crippen LogP contribution >= 0.6 is 0 Å². The maximum Gasteiger partial charge on any atom is 0.254 e. The number of aromatic nitrogens is 4. The maximum absolute atomic E-state index is 12.3. The molecule has 0 unspecified atom stereocenters. The molecule has 0 spiro atoms. The Morgan fingerprint density at radius 1 is 1.46 bits per heavy atom. The lowest BCUT2D eigenvalue weighted by molar-refractivity contribution is 0.0254. The van der Waals surface area contributed by atoms with Crippen molar-refractivity contribution in [2.45, 2.75) is 25.4 Å². The number of carbonyl (C=O) groups is 1.